The van der Waals surface area contributed by atoms with Crippen molar-refractivity contribution in [2.45, 2.75) is 88.8 Å². The smallest absolute Gasteiger partial charge is 0.119 e. The molecule has 4 heteroatoms. The van der Waals surface area contributed by atoms with Crippen LogP contribution in [-0.4, -0.2) is 18.7 Å². The Labute approximate surface area is 210 Å². The zero-order valence-corrected chi connectivity index (χ0v) is 21.3. The lowest BCUT2D eigenvalue weighted by Crippen LogP contribution is -2.54. The van der Waals surface area contributed by atoms with E-state index >= 15 is 0 Å². The Kier molecular flexibility index (Phi) is 6.01. The van der Waals surface area contributed by atoms with Crippen LogP contribution in [0.4, 0.5) is 5.69 Å². The van der Waals surface area contributed by atoms with E-state index in [0.29, 0.717) is 6.04 Å². The summed E-state index contributed by atoms with van der Waals surface area (Å²) in [6.07, 6.45) is 12.8. The van der Waals surface area contributed by atoms with Gasteiger partial charge in [0.15, 0.2) is 0 Å². The first-order valence-corrected chi connectivity index (χ1v) is 13.8. The molecule has 4 saturated carbocycles. The Morgan fingerprint density at radius 1 is 1.06 bits per heavy atom. The number of unbranched alkanes of at least 4 members (excludes halogenated alkanes) is 1. The lowest BCUT2D eigenvalue weighted by molar-refractivity contribution is 0.0107. The van der Waals surface area contributed by atoms with Crippen molar-refractivity contribution in [3.05, 3.63) is 58.7 Å². The Morgan fingerprint density at radius 3 is 2.46 bits per heavy atom. The van der Waals surface area contributed by atoms with Gasteiger partial charge in [0, 0.05) is 11.6 Å². The fraction of sp³-hybridized carbons (Fsp3) is 0.581. The van der Waals surface area contributed by atoms with Gasteiger partial charge in [0.05, 0.1) is 24.4 Å². The highest BCUT2D eigenvalue weighted by Gasteiger charge is 2.51. The molecule has 4 bridgehead atoms. The van der Waals surface area contributed by atoms with E-state index < -0.39 is 0 Å². The maximum Gasteiger partial charge on any atom is 0.119 e. The minimum Gasteiger partial charge on any atom is -0.497 e. The quantitative estimate of drug-likeness (QED) is 0.471. The highest BCUT2D eigenvalue weighted by Crippen LogP contribution is 2.56. The predicted octanol–water partition coefficient (Wildman–Crippen LogP) is 6.74. The average molecular weight is 470 g/mol. The number of benzene rings is 2. The second-order valence-electron chi connectivity index (χ2n) is 11.9. The molecule has 0 saturated heterocycles. The first-order chi connectivity index (χ1) is 17.1. The summed E-state index contributed by atoms with van der Waals surface area (Å²) in [5, 5.41) is 18.0. The number of rotatable bonds is 7. The van der Waals surface area contributed by atoms with Crippen molar-refractivity contribution in [2.24, 2.45) is 17.8 Å². The largest absolute Gasteiger partial charge is 0.497 e. The van der Waals surface area contributed by atoms with Crippen molar-refractivity contribution >= 4 is 5.69 Å². The van der Waals surface area contributed by atoms with E-state index in [9.17, 15) is 5.26 Å². The summed E-state index contributed by atoms with van der Waals surface area (Å²) in [4.78, 5) is 0. The van der Waals surface area contributed by atoms with Crippen LogP contribution in [-0.2, 0) is 6.42 Å². The zero-order chi connectivity index (χ0) is 24.0. The molecule has 1 aliphatic heterocycles. The highest BCUT2D eigenvalue weighted by atomic mass is 16.5. The van der Waals surface area contributed by atoms with Crippen molar-refractivity contribution in [1.29, 1.82) is 5.26 Å². The molecule has 1 heterocycles. The molecular weight excluding hydrogens is 430 g/mol. The third-order valence-corrected chi connectivity index (χ3v) is 9.37. The Morgan fingerprint density at radius 2 is 1.80 bits per heavy atom. The third-order valence-electron chi connectivity index (χ3n) is 9.37. The van der Waals surface area contributed by atoms with Crippen LogP contribution in [0.25, 0.3) is 0 Å². The van der Waals surface area contributed by atoms with Crippen LogP contribution in [0.5, 0.6) is 5.75 Å². The number of nitriles is 1. The average Bonchev–Trinajstić information content (AvgIpc) is 2.85. The molecule has 2 aromatic rings. The first-order valence-electron chi connectivity index (χ1n) is 13.8. The van der Waals surface area contributed by atoms with Gasteiger partial charge in [-0.3, -0.25) is 0 Å². The summed E-state index contributed by atoms with van der Waals surface area (Å²) in [5.41, 5.74) is 5.88. The number of hydrogen-bond acceptors (Lipinski definition) is 4. The van der Waals surface area contributed by atoms with Crippen LogP contribution >= 0.6 is 0 Å². The molecule has 0 unspecified atom stereocenters. The number of anilines is 1. The molecule has 0 radical (unpaired) electrons. The molecule has 2 N–H and O–H groups in total. The van der Waals surface area contributed by atoms with Crippen molar-refractivity contribution in [3.8, 4) is 11.8 Å². The molecule has 0 spiro atoms. The molecular formula is C31H39N3O. The predicted molar refractivity (Wildman–Crippen MR) is 141 cm³/mol. The van der Waals surface area contributed by atoms with Crippen LogP contribution in [0.15, 0.2) is 36.4 Å². The number of methoxy groups -OCH3 is 1. The lowest BCUT2D eigenvalue weighted by Gasteiger charge is -2.57. The minimum absolute atomic E-state index is 0.104. The van der Waals surface area contributed by atoms with Gasteiger partial charge in [-0.25, -0.2) is 0 Å². The van der Waals surface area contributed by atoms with E-state index in [1.807, 2.05) is 0 Å². The molecule has 5 aliphatic rings. The maximum atomic E-state index is 10.2. The molecule has 35 heavy (non-hydrogen) atoms. The van der Waals surface area contributed by atoms with E-state index in [-0.39, 0.29) is 11.6 Å². The molecule has 4 nitrogen and oxygen atoms in total. The van der Waals surface area contributed by atoms with E-state index in [4.69, 9.17) is 4.74 Å². The van der Waals surface area contributed by atoms with E-state index in [1.54, 1.807) is 7.11 Å². The van der Waals surface area contributed by atoms with Gasteiger partial charge in [0.2, 0.25) is 0 Å². The van der Waals surface area contributed by atoms with Gasteiger partial charge in [-0.15, -0.1) is 0 Å². The van der Waals surface area contributed by atoms with Gasteiger partial charge < -0.3 is 15.4 Å². The molecule has 2 atom stereocenters. The van der Waals surface area contributed by atoms with Crippen LogP contribution in [0, 0.1) is 29.1 Å². The standard InChI is InChI=1S/C31H39N3O/c1-3-4-5-26-14-24-15-27(35-2)7-8-28(24)30(33-26)23-6-9-29(25(13-23)19-32)34-31-16-20-10-21(17-31)12-22(11-20)18-31/h6-9,13,15,20-22,26,30,33-34H,3-5,10-12,14,16-18H2,1-2H3/t20?,21?,22?,26-,30-,31?/m0/s1. The second kappa shape index (κ2) is 9.17. The first kappa shape index (κ1) is 22.9. The molecule has 0 amide bonds. The van der Waals surface area contributed by atoms with Crippen molar-refractivity contribution in [3.63, 3.8) is 0 Å². The molecule has 2 aromatic carbocycles. The SMILES string of the molecule is CCCC[C@H]1Cc2cc(OC)ccc2[C@H](c2ccc(NC34CC5CC(CC(C5)C3)C4)c(C#N)c2)N1. The summed E-state index contributed by atoms with van der Waals surface area (Å²) in [6.45, 7) is 2.26. The van der Waals surface area contributed by atoms with E-state index in [1.165, 1.54) is 74.5 Å². The number of fused-ring (bicyclic) bond motifs is 1. The maximum absolute atomic E-state index is 10.2. The zero-order valence-electron chi connectivity index (χ0n) is 21.3. The van der Waals surface area contributed by atoms with Crippen LogP contribution < -0.4 is 15.4 Å². The fourth-order valence-electron chi connectivity index (χ4n) is 8.22. The van der Waals surface area contributed by atoms with Crippen molar-refractivity contribution < 1.29 is 4.74 Å². The van der Waals surface area contributed by atoms with Crippen molar-refractivity contribution in [1.82, 2.24) is 5.32 Å². The van der Waals surface area contributed by atoms with Crippen LogP contribution in [0.3, 0.4) is 0 Å². The van der Waals surface area contributed by atoms with Gasteiger partial charge >= 0.3 is 0 Å². The molecule has 184 valence electrons. The fourth-order valence-corrected chi connectivity index (χ4v) is 8.22. The second-order valence-corrected chi connectivity index (χ2v) is 11.9. The lowest BCUT2D eigenvalue weighted by atomic mass is 9.53. The van der Waals surface area contributed by atoms with Gasteiger partial charge in [-0.2, -0.15) is 5.26 Å². The van der Waals surface area contributed by atoms with Gasteiger partial charge in [-0.1, -0.05) is 31.9 Å². The number of hydrogen-bond donors (Lipinski definition) is 2. The summed E-state index contributed by atoms with van der Waals surface area (Å²) in [7, 11) is 1.74. The van der Waals surface area contributed by atoms with E-state index in [2.05, 4.69) is 60.0 Å². The topological polar surface area (TPSA) is 57.1 Å². The van der Waals surface area contributed by atoms with Gasteiger partial charge in [-0.05, 0) is 110 Å². The summed E-state index contributed by atoms with van der Waals surface area (Å²) in [6, 6.07) is 16.1. The normalized spacial score (nSPS) is 32.7. The number of ether oxygens (including phenoxy) is 1. The summed E-state index contributed by atoms with van der Waals surface area (Å²) in [5.74, 6) is 3.59. The summed E-state index contributed by atoms with van der Waals surface area (Å²) >= 11 is 0. The number of nitrogens with zero attached hydrogens (tertiary/aromatic N) is 1. The Bertz CT molecular complexity index is 1100. The van der Waals surface area contributed by atoms with Gasteiger partial charge in [0.25, 0.3) is 0 Å². The molecule has 0 aromatic heterocycles. The van der Waals surface area contributed by atoms with Crippen LogP contribution in [0.2, 0.25) is 0 Å². The third kappa shape index (κ3) is 4.33. The van der Waals surface area contributed by atoms with Crippen LogP contribution in [0.1, 0.15) is 93.0 Å². The highest BCUT2D eigenvalue weighted by molar-refractivity contribution is 5.61. The van der Waals surface area contributed by atoms with Crippen molar-refractivity contribution in [2.75, 3.05) is 12.4 Å². The van der Waals surface area contributed by atoms with E-state index in [0.717, 1.165) is 41.2 Å². The monoisotopic (exact) mass is 469 g/mol. The minimum atomic E-state index is 0.104. The number of nitrogens with one attached hydrogen (secondary N) is 2. The molecule has 4 fully saturated rings. The van der Waals surface area contributed by atoms with Gasteiger partial charge in [0.1, 0.15) is 11.8 Å². The summed E-state index contributed by atoms with van der Waals surface area (Å²) < 4.78 is 5.53. The molecule has 4 aliphatic carbocycles. The molecule has 7 rings (SSSR count). The Hall–Kier alpha value is -2.51. The Balaban J connectivity index is 1.30.